The zero-order valence-corrected chi connectivity index (χ0v) is 11.7. The minimum atomic E-state index is -0.542. The fourth-order valence-electron chi connectivity index (χ4n) is 2.27. The molecule has 1 heterocycles. The lowest BCUT2D eigenvalue weighted by Crippen LogP contribution is -2.26. The first kappa shape index (κ1) is 14.7. The van der Waals surface area contributed by atoms with Crippen molar-refractivity contribution in [2.75, 3.05) is 6.54 Å². The summed E-state index contributed by atoms with van der Waals surface area (Å²) in [6.45, 7) is 2.92. The number of hydrogen-bond acceptors (Lipinski definition) is 2. The van der Waals surface area contributed by atoms with Gasteiger partial charge in [-0.25, -0.2) is 13.8 Å². The highest BCUT2D eigenvalue weighted by Crippen LogP contribution is 2.19. The van der Waals surface area contributed by atoms with Crippen LogP contribution in [-0.2, 0) is 13.5 Å². The molecular formula is C15H19F2N3. The molecule has 0 bridgehead atoms. The minimum Gasteiger partial charge on any atom is -0.336 e. The van der Waals surface area contributed by atoms with Gasteiger partial charge in [-0.3, -0.25) is 0 Å². The van der Waals surface area contributed by atoms with E-state index in [1.165, 1.54) is 12.1 Å². The van der Waals surface area contributed by atoms with E-state index in [0.29, 0.717) is 12.0 Å². The summed E-state index contributed by atoms with van der Waals surface area (Å²) in [5, 5.41) is 3.39. The van der Waals surface area contributed by atoms with Crippen molar-refractivity contribution >= 4 is 0 Å². The summed E-state index contributed by atoms with van der Waals surface area (Å²) in [5.74, 6) is -1.08. The lowest BCUT2D eigenvalue weighted by atomic mass is 10.0. The topological polar surface area (TPSA) is 29.9 Å². The van der Waals surface area contributed by atoms with Crippen LogP contribution >= 0.6 is 0 Å². The van der Waals surface area contributed by atoms with E-state index in [4.69, 9.17) is 0 Å². The molecule has 0 radical (unpaired) electrons. The molecule has 1 atom stereocenters. The molecule has 1 aromatic heterocycles. The van der Waals surface area contributed by atoms with E-state index in [0.717, 1.165) is 24.7 Å². The summed E-state index contributed by atoms with van der Waals surface area (Å²) in [6.07, 6.45) is 5.02. The molecule has 0 fully saturated rings. The fraction of sp³-hybridized carbons (Fsp3) is 0.400. The summed E-state index contributed by atoms with van der Waals surface area (Å²) in [4.78, 5) is 4.10. The third-order valence-electron chi connectivity index (χ3n) is 3.21. The van der Waals surface area contributed by atoms with Crippen molar-refractivity contribution in [3.63, 3.8) is 0 Å². The van der Waals surface area contributed by atoms with E-state index in [2.05, 4.69) is 17.2 Å². The predicted octanol–water partition coefficient (Wildman–Crippen LogP) is 2.98. The standard InChI is InChI=1S/C15H19F2N3/c1-3-4-19-14(15-9-18-10-20(15)2)7-11-5-12(16)8-13(17)6-11/h5-6,8-10,14,19H,3-4,7H2,1-2H3. The molecule has 0 aliphatic carbocycles. The van der Waals surface area contributed by atoms with Crippen LogP contribution in [-0.4, -0.2) is 16.1 Å². The first-order valence-corrected chi connectivity index (χ1v) is 6.74. The number of hydrogen-bond donors (Lipinski definition) is 1. The Balaban J connectivity index is 2.21. The smallest absolute Gasteiger partial charge is 0.126 e. The zero-order chi connectivity index (χ0) is 14.5. The molecule has 5 heteroatoms. The Hall–Kier alpha value is -1.75. The highest BCUT2D eigenvalue weighted by atomic mass is 19.1. The Bertz CT molecular complexity index is 546. The molecule has 1 aromatic carbocycles. The van der Waals surface area contributed by atoms with E-state index in [1.54, 1.807) is 12.5 Å². The quantitative estimate of drug-likeness (QED) is 0.881. The highest BCUT2D eigenvalue weighted by Gasteiger charge is 2.15. The Morgan fingerprint density at radius 3 is 2.50 bits per heavy atom. The van der Waals surface area contributed by atoms with Crippen LogP contribution in [0.1, 0.15) is 30.6 Å². The van der Waals surface area contributed by atoms with Crippen molar-refractivity contribution in [3.8, 4) is 0 Å². The molecule has 0 saturated heterocycles. The fourth-order valence-corrected chi connectivity index (χ4v) is 2.27. The largest absolute Gasteiger partial charge is 0.336 e. The molecule has 1 unspecified atom stereocenters. The molecule has 0 spiro atoms. The van der Waals surface area contributed by atoms with Crippen molar-refractivity contribution in [2.24, 2.45) is 7.05 Å². The summed E-state index contributed by atoms with van der Waals surface area (Å²) in [7, 11) is 1.91. The molecule has 2 rings (SSSR count). The number of aryl methyl sites for hydroxylation is 1. The maximum Gasteiger partial charge on any atom is 0.126 e. The van der Waals surface area contributed by atoms with E-state index in [-0.39, 0.29) is 6.04 Å². The molecule has 1 N–H and O–H groups in total. The van der Waals surface area contributed by atoms with Crippen LogP contribution in [0.5, 0.6) is 0 Å². The van der Waals surface area contributed by atoms with Crippen molar-refractivity contribution < 1.29 is 8.78 Å². The average molecular weight is 279 g/mol. The van der Waals surface area contributed by atoms with Gasteiger partial charge in [-0.2, -0.15) is 0 Å². The summed E-state index contributed by atoms with van der Waals surface area (Å²) < 4.78 is 28.5. The maximum absolute atomic E-state index is 13.3. The molecule has 2 aromatic rings. The lowest BCUT2D eigenvalue weighted by Gasteiger charge is -2.19. The second-order valence-corrected chi connectivity index (χ2v) is 4.92. The molecule has 0 aliphatic rings. The van der Waals surface area contributed by atoms with Crippen molar-refractivity contribution in [1.82, 2.24) is 14.9 Å². The van der Waals surface area contributed by atoms with E-state index in [9.17, 15) is 8.78 Å². The third-order valence-corrected chi connectivity index (χ3v) is 3.21. The molecule has 20 heavy (non-hydrogen) atoms. The number of rotatable bonds is 6. The molecule has 108 valence electrons. The van der Waals surface area contributed by atoms with E-state index in [1.807, 2.05) is 11.6 Å². The molecule has 3 nitrogen and oxygen atoms in total. The number of benzene rings is 1. The summed E-state index contributed by atoms with van der Waals surface area (Å²) in [5.41, 5.74) is 1.64. The normalized spacial score (nSPS) is 12.6. The first-order chi connectivity index (χ1) is 9.60. The van der Waals surface area contributed by atoms with Gasteiger partial charge in [0.15, 0.2) is 0 Å². The van der Waals surface area contributed by atoms with Crippen LogP contribution in [0.3, 0.4) is 0 Å². The molecule has 0 saturated carbocycles. The van der Waals surface area contributed by atoms with Crippen molar-refractivity contribution in [3.05, 3.63) is 53.6 Å². The Morgan fingerprint density at radius 2 is 1.95 bits per heavy atom. The van der Waals surface area contributed by atoms with Gasteiger partial charge in [-0.15, -0.1) is 0 Å². The van der Waals surface area contributed by atoms with Crippen LogP contribution in [0.2, 0.25) is 0 Å². The third kappa shape index (κ3) is 3.63. The summed E-state index contributed by atoms with van der Waals surface area (Å²) >= 11 is 0. The Morgan fingerprint density at radius 1 is 1.25 bits per heavy atom. The first-order valence-electron chi connectivity index (χ1n) is 6.74. The van der Waals surface area contributed by atoms with E-state index < -0.39 is 11.6 Å². The number of imidazole rings is 1. The SMILES string of the molecule is CCCNC(Cc1cc(F)cc(F)c1)c1cncn1C. The second-order valence-electron chi connectivity index (χ2n) is 4.92. The number of aromatic nitrogens is 2. The number of halogens is 2. The van der Waals surface area contributed by atoms with Crippen molar-refractivity contribution in [1.29, 1.82) is 0 Å². The monoisotopic (exact) mass is 279 g/mol. The van der Waals surface area contributed by atoms with Gasteiger partial charge in [0.2, 0.25) is 0 Å². The molecular weight excluding hydrogens is 260 g/mol. The molecule has 0 aliphatic heterocycles. The van der Waals surface area contributed by atoms with Crippen LogP contribution in [0, 0.1) is 11.6 Å². The van der Waals surface area contributed by atoms with Gasteiger partial charge in [0.25, 0.3) is 0 Å². The highest BCUT2D eigenvalue weighted by molar-refractivity contribution is 5.21. The summed E-state index contributed by atoms with van der Waals surface area (Å²) in [6, 6.07) is 3.63. The van der Waals surface area contributed by atoms with Gasteiger partial charge < -0.3 is 9.88 Å². The number of nitrogens with one attached hydrogen (secondary N) is 1. The Kier molecular flexibility index (Phi) is 4.84. The van der Waals surface area contributed by atoms with Gasteiger partial charge in [0.1, 0.15) is 11.6 Å². The molecule has 0 amide bonds. The van der Waals surface area contributed by atoms with Gasteiger partial charge in [-0.1, -0.05) is 6.92 Å². The predicted molar refractivity (Wildman–Crippen MR) is 74.3 cm³/mol. The number of nitrogens with zero attached hydrogens (tertiary/aromatic N) is 2. The van der Waals surface area contributed by atoms with Crippen molar-refractivity contribution in [2.45, 2.75) is 25.8 Å². The van der Waals surface area contributed by atoms with Crippen LogP contribution < -0.4 is 5.32 Å². The maximum atomic E-state index is 13.3. The van der Waals surface area contributed by atoms with Crippen LogP contribution in [0.4, 0.5) is 8.78 Å². The van der Waals surface area contributed by atoms with Crippen LogP contribution in [0.25, 0.3) is 0 Å². The van der Waals surface area contributed by atoms with Crippen LogP contribution in [0.15, 0.2) is 30.7 Å². The second kappa shape index (κ2) is 6.61. The van der Waals surface area contributed by atoms with E-state index >= 15 is 0 Å². The Labute approximate surface area is 117 Å². The lowest BCUT2D eigenvalue weighted by molar-refractivity contribution is 0.500. The average Bonchev–Trinajstić information content (AvgIpc) is 2.79. The van der Waals surface area contributed by atoms with Gasteiger partial charge in [0, 0.05) is 19.3 Å². The zero-order valence-electron chi connectivity index (χ0n) is 11.7. The van der Waals surface area contributed by atoms with Gasteiger partial charge in [0.05, 0.1) is 18.1 Å². The minimum absolute atomic E-state index is 0.0105. The van der Waals surface area contributed by atoms with Gasteiger partial charge in [-0.05, 0) is 37.1 Å². The van der Waals surface area contributed by atoms with Gasteiger partial charge >= 0.3 is 0 Å².